The van der Waals surface area contributed by atoms with Gasteiger partial charge in [-0.3, -0.25) is 4.79 Å². The lowest BCUT2D eigenvalue weighted by Gasteiger charge is -2.23. The number of fused-ring (bicyclic) bond motifs is 1. The molecule has 96 valence electrons. The first-order valence-corrected chi connectivity index (χ1v) is 6.62. The monoisotopic (exact) mass is 272 g/mol. The van der Waals surface area contributed by atoms with E-state index in [1.807, 2.05) is 35.2 Å². The van der Waals surface area contributed by atoms with Crippen molar-refractivity contribution in [2.24, 2.45) is 0 Å². The molecule has 2 heterocycles. The summed E-state index contributed by atoms with van der Waals surface area (Å²) in [5.74, 6) is 0.0183. The number of carbonyl (C=O) groups is 1. The second kappa shape index (κ2) is 5.02. The number of aromatic nitrogens is 1. The standard InChI is InChI=1S/C15H13ClN2O/c16-14-12-7-3-2-6-11(12)13(10-17-14)15(19)18-8-4-1-5-9-18/h1-4,6-7,10H,5,8-9H2. The van der Waals surface area contributed by atoms with Gasteiger partial charge < -0.3 is 4.90 Å². The summed E-state index contributed by atoms with van der Waals surface area (Å²) < 4.78 is 0. The van der Waals surface area contributed by atoms with Crippen LogP contribution < -0.4 is 0 Å². The Bertz CT molecular complexity index is 666. The van der Waals surface area contributed by atoms with E-state index in [4.69, 9.17) is 11.6 Å². The summed E-state index contributed by atoms with van der Waals surface area (Å²) in [5, 5.41) is 2.12. The molecule has 0 unspecified atom stereocenters. The second-order valence-electron chi connectivity index (χ2n) is 4.52. The van der Waals surface area contributed by atoms with E-state index >= 15 is 0 Å². The number of carbonyl (C=O) groups excluding carboxylic acids is 1. The first-order valence-electron chi connectivity index (χ1n) is 6.25. The molecule has 19 heavy (non-hydrogen) atoms. The molecular weight excluding hydrogens is 260 g/mol. The molecular formula is C15H13ClN2O. The van der Waals surface area contributed by atoms with E-state index in [2.05, 4.69) is 11.1 Å². The molecule has 0 fully saturated rings. The lowest BCUT2D eigenvalue weighted by atomic mass is 10.1. The number of hydrogen-bond acceptors (Lipinski definition) is 2. The van der Waals surface area contributed by atoms with Gasteiger partial charge in [-0.25, -0.2) is 4.98 Å². The number of pyridine rings is 1. The third-order valence-electron chi connectivity index (χ3n) is 3.32. The fourth-order valence-electron chi connectivity index (χ4n) is 2.32. The van der Waals surface area contributed by atoms with Gasteiger partial charge in [0.1, 0.15) is 5.15 Å². The molecule has 1 aliphatic heterocycles. The minimum Gasteiger partial charge on any atom is -0.335 e. The van der Waals surface area contributed by atoms with Crippen molar-refractivity contribution in [1.29, 1.82) is 0 Å². The third-order valence-corrected chi connectivity index (χ3v) is 3.62. The van der Waals surface area contributed by atoms with E-state index in [0.717, 1.165) is 23.7 Å². The minimum absolute atomic E-state index is 0.0183. The van der Waals surface area contributed by atoms with Gasteiger partial charge in [-0.05, 0) is 11.8 Å². The molecule has 1 aromatic heterocycles. The van der Waals surface area contributed by atoms with Gasteiger partial charge in [0.2, 0.25) is 0 Å². The lowest BCUT2D eigenvalue weighted by molar-refractivity contribution is 0.0772. The minimum atomic E-state index is 0.0183. The predicted molar refractivity (Wildman–Crippen MR) is 76.4 cm³/mol. The van der Waals surface area contributed by atoms with Gasteiger partial charge in [0.15, 0.2) is 0 Å². The van der Waals surface area contributed by atoms with Crippen molar-refractivity contribution >= 4 is 28.3 Å². The van der Waals surface area contributed by atoms with Crippen molar-refractivity contribution in [3.63, 3.8) is 0 Å². The summed E-state index contributed by atoms with van der Waals surface area (Å²) in [4.78, 5) is 18.5. The zero-order valence-corrected chi connectivity index (χ0v) is 11.1. The van der Waals surface area contributed by atoms with E-state index in [1.54, 1.807) is 6.20 Å². The Hall–Kier alpha value is -1.87. The van der Waals surface area contributed by atoms with Crippen LogP contribution in [-0.2, 0) is 0 Å². The van der Waals surface area contributed by atoms with Crippen molar-refractivity contribution < 1.29 is 4.79 Å². The van der Waals surface area contributed by atoms with Crippen LogP contribution in [0, 0.1) is 0 Å². The predicted octanol–water partition coefficient (Wildman–Crippen LogP) is 3.29. The van der Waals surface area contributed by atoms with E-state index < -0.39 is 0 Å². The van der Waals surface area contributed by atoms with Crippen LogP contribution >= 0.6 is 11.6 Å². The van der Waals surface area contributed by atoms with Crippen LogP contribution in [0.1, 0.15) is 16.8 Å². The SMILES string of the molecule is O=C(c1cnc(Cl)c2ccccc12)N1CC=CCC1. The van der Waals surface area contributed by atoms with Crippen molar-refractivity contribution in [3.05, 3.63) is 53.3 Å². The Kier molecular flexibility index (Phi) is 3.22. The average Bonchev–Trinajstić information content (AvgIpc) is 2.48. The number of nitrogens with zero attached hydrogens (tertiary/aromatic N) is 2. The molecule has 0 aliphatic carbocycles. The Balaban J connectivity index is 2.07. The highest BCUT2D eigenvalue weighted by Gasteiger charge is 2.19. The van der Waals surface area contributed by atoms with Gasteiger partial charge in [-0.2, -0.15) is 0 Å². The maximum absolute atomic E-state index is 12.5. The van der Waals surface area contributed by atoms with Crippen LogP contribution in [0.5, 0.6) is 0 Å². The van der Waals surface area contributed by atoms with Crippen molar-refractivity contribution in [3.8, 4) is 0 Å². The Morgan fingerprint density at radius 2 is 2.00 bits per heavy atom. The van der Waals surface area contributed by atoms with Gasteiger partial charge in [0.05, 0.1) is 5.56 Å². The maximum atomic E-state index is 12.5. The summed E-state index contributed by atoms with van der Waals surface area (Å²) in [5.41, 5.74) is 0.621. The number of halogens is 1. The molecule has 0 bridgehead atoms. The Morgan fingerprint density at radius 1 is 1.21 bits per heavy atom. The Labute approximate surface area is 116 Å². The molecule has 1 aliphatic rings. The summed E-state index contributed by atoms with van der Waals surface area (Å²) in [6.45, 7) is 1.42. The first kappa shape index (κ1) is 12.2. The molecule has 0 saturated carbocycles. The van der Waals surface area contributed by atoms with Gasteiger partial charge in [0.25, 0.3) is 5.91 Å². The fraction of sp³-hybridized carbons (Fsp3) is 0.200. The highest BCUT2D eigenvalue weighted by Crippen LogP contribution is 2.25. The van der Waals surface area contributed by atoms with Crippen LogP contribution in [-0.4, -0.2) is 28.9 Å². The summed E-state index contributed by atoms with van der Waals surface area (Å²) in [6.07, 6.45) is 6.60. The van der Waals surface area contributed by atoms with Crippen LogP contribution in [0.15, 0.2) is 42.6 Å². The number of benzene rings is 1. The summed E-state index contributed by atoms with van der Waals surface area (Å²) >= 11 is 6.07. The summed E-state index contributed by atoms with van der Waals surface area (Å²) in [7, 11) is 0. The highest BCUT2D eigenvalue weighted by atomic mass is 35.5. The number of amides is 1. The van der Waals surface area contributed by atoms with Gasteiger partial charge in [-0.1, -0.05) is 48.0 Å². The van der Waals surface area contributed by atoms with Crippen molar-refractivity contribution in [2.45, 2.75) is 6.42 Å². The maximum Gasteiger partial charge on any atom is 0.256 e. The molecule has 3 rings (SSSR count). The smallest absolute Gasteiger partial charge is 0.256 e. The second-order valence-corrected chi connectivity index (χ2v) is 4.88. The molecule has 1 amide bonds. The number of rotatable bonds is 1. The molecule has 3 nitrogen and oxygen atoms in total. The molecule has 0 spiro atoms. The van der Waals surface area contributed by atoms with Crippen LogP contribution in [0.4, 0.5) is 0 Å². The van der Waals surface area contributed by atoms with Crippen LogP contribution in [0.2, 0.25) is 5.15 Å². The molecule has 0 radical (unpaired) electrons. The van der Waals surface area contributed by atoms with Crippen molar-refractivity contribution in [1.82, 2.24) is 9.88 Å². The van der Waals surface area contributed by atoms with Crippen LogP contribution in [0.3, 0.4) is 0 Å². The molecule has 2 aromatic rings. The summed E-state index contributed by atoms with van der Waals surface area (Å²) in [6, 6.07) is 7.60. The van der Waals surface area contributed by atoms with Crippen LogP contribution in [0.25, 0.3) is 10.8 Å². The number of hydrogen-bond donors (Lipinski definition) is 0. The topological polar surface area (TPSA) is 33.2 Å². The lowest BCUT2D eigenvalue weighted by Crippen LogP contribution is -2.33. The zero-order valence-electron chi connectivity index (χ0n) is 10.3. The van der Waals surface area contributed by atoms with Gasteiger partial charge in [0, 0.05) is 24.7 Å². The molecule has 4 heteroatoms. The van der Waals surface area contributed by atoms with Crippen molar-refractivity contribution in [2.75, 3.05) is 13.1 Å². The molecule has 0 atom stereocenters. The molecule has 1 aromatic carbocycles. The first-order chi connectivity index (χ1) is 9.27. The highest BCUT2D eigenvalue weighted by molar-refractivity contribution is 6.34. The normalized spacial score (nSPS) is 14.9. The largest absolute Gasteiger partial charge is 0.335 e. The quantitative estimate of drug-likeness (QED) is 0.590. The molecule has 0 saturated heterocycles. The van der Waals surface area contributed by atoms with E-state index in [9.17, 15) is 4.79 Å². The average molecular weight is 273 g/mol. The van der Waals surface area contributed by atoms with Gasteiger partial charge >= 0.3 is 0 Å². The van der Waals surface area contributed by atoms with E-state index in [-0.39, 0.29) is 5.91 Å². The van der Waals surface area contributed by atoms with Gasteiger partial charge in [-0.15, -0.1) is 0 Å². The zero-order chi connectivity index (χ0) is 13.2. The van der Waals surface area contributed by atoms with E-state index in [0.29, 0.717) is 17.3 Å². The third kappa shape index (κ3) is 2.22. The molecule has 0 N–H and O–H groups in total. The van der Waals surface area contributed by atoms with E-state index in [1.165, 1.54) is 0 Å². The fourth-order valence-corrected chi connectivity index (χ4v) is 2.54. The Morgan fingerprint density at radius 3 is 2.74 bits per heavy atom.